The number of hydrogen-bond donors (Lipinski definition) is 0. The van der Waals surface area contributed by atoms with Crippen LogP contribution < -0.4 is 4.74 Å². The Morgan fingerprint density at radius 3 is 2.62 bits per heavy atom. The summed E-state index contributed by atoms with van der Waals surface area (Å²) in [4.78, 5) is 0. The molecule has 0 saturated carbocycles. The summed E-state index contributed by atoms with van der Waals surface area (Å²) in [5.41, 5.74) is 0.919. The standard InChI is InChI=1S/C10H11BrO2/c1-7(12-2)8-4-5-9(11)10(6-8)13-3/h4-6H,1H2,2-3H3. The van der Waals surface area contributed by atoms with Crippen LogP contribution in [-0.4, -0.2) is 14.2 Å². The first kappa shape index (κ1) is 10.1. The van der Waals surface area contributed by atoms with E-state index < -0.39 is 0 Å². The maximum atomic E-state index is 5.14. The monoisotopic (exact) mass is 242 g/mol. The van der Waals surface area contributed by atoms with Crippen molar-refractivity contribution < 1.29 is 9.47 Å². The summed E-state index contributed by atoms with van der Waals surface area (Å²) in [7, 11) is 3.22. The minimum atomic E-state index is 0.630. The molecule has 3 heteroatoms. The van der Waals surface area contributed by atoms with Gasteiger partial charge in [0.15, 0.2) is 0 Å². The van der Waals surface area contributed by atoms with Crippen molar-refractivity contribution in [3.05, 3.63) is 34.8 Å². The van der Waals surface area contributed by atoms with Gasteiger partial charge in [-0.15, -0.1) is 0 Å². The highest BCUT2D eigenvalue weighted by Gasteiger charge is 2.03. The van der Waals surface area contributed by atoms with Crippen LogP contribution in [0, 0.1) is 0 Å². The van der Waals surface area contributed by atoms with Gasteiger partial charge in [-0.3, -0.25) is 0 Å². The summed E-state index contributed by atoms with van der Waals surface area (Å²) in [6.45, 7) is 3.76. The number of methoxy groups -OCH3 is 2. The first-order chi connectivity index (χ1) is 6.19. The average Bonchev–Trinajstić information content (AvgIpc) is 2.17. The van der Waals surface area contributed by atoms with E-state index in [2.05, 4.69) is 22.5 Å². The molecule has 13 heavy (non-hydrogen) atoms. The Hall–Kier alpha value is -0.960. The second-order valence-corrected chi connectivity index (χ2v) is 3.33. The molecule has 0 aliphatic heterocycles. The first-order valence-corrected chi connectivity index (χ1v) is 4.55. The number of rotatable bonds is 3. The predicted octanol–water partition coefficient (Wildman–Crippen LogP) is 3.07. The molecule has 0 fully saturated rings. The van der Waals surface area contributed by atoms with Gasteiger partial charge >= 0.3 is 0 Å². The van der Waals surface area contributed by atoms with Crippen molar-refractivity contribution in [2.75, 3.05) is 14.2 Å². The third-order valence-corrected chi connectivity index (χ3v) is 2.37. The minimum Gasteiger partial charge on any atom is -0.497 e. The van der Waals surface area contributed by atoms with E-state index in [9.17, 15) is 0 Å². The summed E-state index contributed by atoms with van der Waals surface area (Å²) in [5.74, 6) is 1.40. The fourth-order valence-corrected chi connectivity index (χ4v) is 1.36. The Morgan fingerprint density at radius 1 is 1.38 bits per heavy atom. The van der Waals surface area contributed by atoms with Crippen LogP contribution in [0.4, 0.5) is 0 Å². The highest BCUT2D eigenvalue weighted by atomic mass is 79.9. The third-order valence-electron chi connectivity index (χ3n) is 1.72. The number of halogens is 1. The number of benzene rings is 1. The van der Waals surface area contributed by atoms with Crippen LogP contribution in [0.2, 0.25) is 0 Å². The van der Waals surface area contributed by atoms with Crippen molar-refractivity contribution in [2.24, 2.45) is 0 Å². The quantitative estimate of drug-likeness (QED) is 0.759. The second kappa shape index (κ2) is 4.33. The van der Waals surface area contributed by atoms with Gasteiger partial charge < -0.3 is 9.47 Å². The summed E-state index contributed by atoms with van der Waals surface area (Å²) in [6, 6.07) is 5.69. The third kappa shape index (κ3) is 2.25. The lowest BCUT2D eigenvalue weighted by Gasteiger charge is -2.07. The van der Waals surface area contributed by atoms with E-state index in [4.69, 9.17) is 9.47 Å². The van der Waals surface area contributed by atoms with Gasteiger partial charge in [-0.05, 0) is 34.1 Å². The molecule has 1 aromatic carbocycles. The first-order valence-electron chi connectivity index (χ1n) is 3.76. The number of hydrogen-bond acceptors (Lipinski definition) is 2. The largest absolute Gasteiger partial charge is 0.497 e. The molecule has 0 N–H and O–H groups in total. The fourth-order valence-electron chi connectivity index (χ4n) is 0.951. The van der Waals surface area contributed by atoms with Crippen molar-refractivity contribution in [3.63, 3.8) is 0 Å². The lowest BCUT2D eigenvalue weighted by molar-refractivity contribution is 0.370. The van der Waals surface area contributed by atoms with Gasteiger partial charge in [-0.25, -0.2) is 0 Å². The van der Waals surface area contributed by atoms with Crippen LogP contribution in [0.1, 0.15) is 5.56 Å². The second-order valence-electron chi connectivity index (χ2n) is 2.48. The van der Waals surface area contributed by atoms with Crippen LogP contribution in [0.3, 0.4) is 0 Å². The van der Waals surface area contributed by atoms with Crippen LogP contribution in [0.5, 0.6) is 5.75 Å². The molecule has 2 nitrogen and oxygen atoms in total. The van der Waals surface area contributed by atoms with Crippen LogP contribution in [-0.2, 0) is 4.74 Å². The molecule has 0 heterocycles. The van der Waals surface area contributed by atoms with Crippen molar-refractivity contribution in [2.45, 2.75) is 0 Å². The molecule has 70 valence electrons. The van der Waals surface area contributed by atoms with E-state index >= 15 is 0 Å². The Balaban J connectivity index is 3.06. The van der Waals surface area contributed by atoms with Gasteiger partial charge in [-0.1, -0.05) is 6.58 Å². The molecule has 1 aromatic rings. The SMILES string of the molecule is C=C(OC)c1ccc(Br)c(OC)c1. The van der Waals surface area contributed by atoms with E-state index in [-0.39, 0.29) is 0 Å². The van der Waals surface area contributed by atoms with Gasteiger partial charge in [0.05, 0.1) is 18.7 Å². The molecule has 0 aromatic heterocycles. The van der Waals surface area contributed by atoms with Gasteiger partial charge in [0.25, 0.3) is 0 Å². The van der Waals surface area contributed by atoms with Crippen LogP contribution >= 0.6 is 15.9 Å². The maximum absolute atomic E-state index is 5.14. The van der Waals surface area contributed by atoms with Crippen LogP contribution in [0.15, 0.2) is 29.3 Å². The molecule has 1 rings (SSSR count). The lowest BCUT2D eigenvalue weighted by atomic mass is 10.2. The summed E-state index contributed by atoms with van der Waals surface area (Å²) in [5, 5.41) is 0. The van der Waals surface area contributed by atoms with Gasteiger partial charge in [0.1, 0.15) is 11.5 Å². The number of ether oxygens (including phenoxy) is 2. The van der Waals surface area contributed by atoms with Crippen molar-refractivity contribution in [1.82, 2.24) is 0 Å². The molecule has 0 aliphatic carbocycles. The Bertz CT molecular complexity index is 321. The molecule has 0 atom stereocenters. The molecule has 0 spiro atoms. The maximum Gasteiger partial charge on any atom is 0.133 e. The molecule has 0 aliphatic rings. The van der Waals surface area contributed by atoms with Crippen LogP contribution in [0.25, 0.3) is 5.76 Å². The molecule has 0 amide bonds. The fraction of sp³-hybridized carbons (Fsp3) is 0.200. The van der Waals surface area contributed by atoms with E-state index in [1.807, 2.05) is 18.2 Å². The van der Waals surface area contributed by atoms with E-state index in [0.29, 0.717) is 5.76 Å². The smallest absolute Gasteiger partial charge is 0.133 e. The van der Waals surface area contributed by atoms with E-state index in [1.165, 1.54) is 0 Å². The Morgan fingerprint density at radius 2 is 2.08 bits per heavy atom. The normalized spacial score (nSPS) is 9.46. The molecule has 0 bridgehead atoms. The highest BCUT2D eigenvalue weighted by molar-refractivity contribution is 9.10. The van der Waals surface area contributed by atoms with Gasteiger partial charge in [-0.2, -0.15) is 0 Å². The molecule has 0 saturated heterocycles. The topological polar surface area (TPSA) is 18.5 Å². The minimum absolute atomic E-state index is 0.630. The Kier molecular flexibility index (Phi) is 3.37. The zero-order chi connectivity index (χ0) is 9.84. The van der Waals surface area contributed by atoms with Crippen molar-refractivity contribution in [1.29, 1.82) is 0 Å². The lowest BCUT2D eigenvalue weighted by Crippen LogP contribution is -1.89. The zero-order valence-corrected chi connectivity index (χ0v) is 9.22. The molecular formula is C10H11BrO2. The predicted molar refractivity (Wildman–Crippen MR) is 56.7 cm³/mol. The highest BCUT2D eigenvalue weighted by Crippen LogP contribution is 2.28. The molecular weight excluding hydrogens is 232 g/mol. The van der Waals surface area contributed by atoms with Crippen molar-refractivity contribution in [3.8, 4) is 5.75 Å². The Labute approximate surface area is 86.3 Å². The summed E-state index contributed by atoms with van der Waals surface area (Å²) < 4.78 is 11.1. The van der Waals surface area contributed by atoms with Gasteiger partial charge in [0, 0.05) is 5.56 Å². The van der Waals surface area contributed by atoms with E-state index in [0.717, 1.165) is 15.8 Å². The summed E-state index contributed by atoms with van der Waals surface area (Å²) >= 11 is 3.37. The summed E-state index contributed by atoms with van der Waals surface area (Å²) in [6.07, 6.45) is 0. The molecule has 0 unspecified atom stereocenters. The van der Waals surface area contributed by atoms with Crippen molar-refractivity contribution >= 4 is 21.7 Å². The average molecular weight is 243 g/mol. The molecule has 0 radical (unpaired) electrons. The van der Waals surface area contributed by atoms with Gasteiger partial charge in [0.2, 0.25) is 0 Å². The zero-order valence-electron chi connectivity index (χ0n) is 7.63. The van der Waals surface area contributed by atoms with E-state index in [1.54, 1.807) is 14.2 Å².